The number of thiophene rings is 1. The Kier molecular flexibility index (Phi) is 4.17. The van der Waals surface area contributed by atoms with Gasteiger partial charge in [0.2, 0.25) is 0 Å². The van der Waals surface area contributed by atoms with E-state index in [0.29, 0.717) is 4.99 Å². The van der Waals surface area contributed by atoms with Crippen LogP contribution in [0.3, 0.4) is 0 Å². The molecule has 2 rings (SSSR count). The van der Waals surface area contributed by atoms with Gasteiger partial charge >= 0.3 is 0 Å². The molecule has 2 aromatic rings. The zero-order chi connectivity index (χ0) is 13.0. The smallest absolute Gasteiger partial charge is 0.142 e. The molecular formula is C13H13NO2S2. The highest BCUT2D eigenvalue weighted by molar-refractivity contribution is 7.81. The van der Waals surface area contributed by atoms with Crippen LogP contribution in [0.25, 0.3) is 0 Å². The third kappa shape index (κ3) is 2.80. The number of ether oxygens (including phenoxy) is 2. The second-order valence-electron chi connectivity index (χ2n) is 3.53. The maximum Gasteiger partial charge on any atom is 0.142 e. The van der Waals surface area contributed by atoms with E-state index in [4.69, 9.17) is 21.7 Å². The summed E-state index contributed by atoms with van der Waals surface area (Å²) < 4.78 is 10.5. The highest BCUT2D eigenvalue weighted by Gasteiger charge is 2.08. The highest BCUT2D eigenvalue weighted by atomic mass is 32.1. The van der Waals surface area contributed by atoms with Crippen molar-refractivity contribution in [1.82, 2.24) is 0 Å². The van der Waals surface area contributed by atoms with Crippen LogP contribution in [-0.4, -0.2) is 19.2 Å². The Morgan fingerprint density at radius 1 is 1.22 bits per heavy atom. The molecule has 1 N–H and O–H groups in total. The van der Waals surface area contributed by atoms with Gasteiger partial charge in [0.1, 0.15) is 16.5 Å². The standard InChI is InChI=1S/C13H13NO2S2/c1-15-10-3-4-12(16-2)11(7-10)14-13(17)9-5-6-18-8-9/h3-8H,1-2H3,(H,14,17). The Labute approximate surface area is 115 Å². The molecule has 18 heavy (non-hydrogen) atoms. The summed E-state index contributed by atoms with van der Waals surface area (Å²) in [7, 11) is 3.25. The van der Waals surface area contributed by atoms with E-state index >= 15 is 0 Å². The number of thiocarbonyl (C=S) groups is 1. The lowest BCUT2D eigenvalue weighted by Crippen LogP contribution is -2.10. The van der Waals surface area contributed by atoms with Crippen LogP contribution >= 0.6 is 23.6 Å². The van der Waals surface area contributed by atoms with Gasteiger partial charge in [0.05, 0.1) is 19.9 Å². The molecule has 0 bridgehead atoms. The van der Waals surface area contributed by atoms with E-state index in [9.17, 15) is 0 Å². The van der Waals surface area contributed by atoms with Crippen LogP contribution in [0.15, 0.2) is 35.0 Å². The predicted molar refractivity (Wildman–Crippen MR) is 79.2 cm³/mol. The Hall–Kier alpha value is -1.59. The maximum absolute atomic E-state index is 5.34. The van der Waals surface area contributed by atoms with Gasteiger partial charge in [-0.15, -0.1) is 0 Å². The van der Waals surface area contributed by atoms with Gasteiger partial charge in [0, 0.05) is 17.0 Å². The molecule has 0 saturated carbocycles. The summed E-state index contributed by atoms with van der Waals surface area (Å²) in [5.74, 6) is 1.49. The van der Waals surface area contributed by atoms with Crippen molar-refractivity contribution < 1.29 is 9.47 Å². The van der Waals surface area contributed by atoms with Crippen LogP contribution < -0.4 is 14.8 Å². The van der Waals surface area contributed by atoms with E-state index in [1.807, 2.05) is 35.0 Å². The third-order valence-corrected chi connectivity index (χ3v) is 3.46. The number of benzene rings is 1. The summed E-state index contributed by atoms with van der Waals surface area (Å²) in [5, 5.41) is 7.17. The first-order valence-corrected chi connectivity index (χ1v) is 6.65. The Balaban J connectivity index is 2.24. The van der Waals surface area contributed by atoms with E-state index in [1.54, 1.807) is 25.6 Å². The fraction of sp³-hybridized carbons (Fsp3) is 0.154. The van der Waals surface area contributed by atoms with Crippen LogP contribution in [0, 0.1) is 0 Å². The zero-order valence-corrected chi connectivity index (χ0v) is 11.7. The molecule has 1 aromatic heterocycles. The third-order valence-electron chi connectivity index (χ3n) is 2.44. The first-order chi connectivity index (χ1) is 8.74. The van der Waals surface area contributed by atoms with Crippen molar-refractivity contribution in [3.8, 4) is 11.5 Å². The van der Waals surface area contributed by atoms with Crippen LogP contribution in [0.2, 0.25) is 0 Å². The van der Waals surface area contributed by atoms with E-state index < -0.39 is 0 Å². The lowest BCUT2D eigenvalue weighted by atomic mass is 10.2. The van der Waals surface area contributed by atoms with Crippen LogP contribution in [0.1, 0.15) is 5.56 Å². The van der Waals surface area contributed by atoms with Crippen molar-refractivity contribution in [1.29, 1.82) is 0 Å². The SMILES string of the molecule is COc1ccc(OC)c(NC(=S)c2ccsc2)c1. The highest BCUT2D eigenvalue weighted by Crippen LogP contribution is 2.29. The van der Waals surface area contributed by atoms with E-state index in [1.165, 1.54) is 0 Å². The fourth-order valence-corrected chi connectivity index (χ4v) is 2.46. The number of methoxy groups -OCH3 is 2. The monoisotopic (exact) mass is 279 g/mol. The van der Waals surface area contributed by atoms with Gasteiger partial charge in [-0.3, -0.25) is 0 Å². The van der Waals surface area contributed by atoms with E-state index in [2.05, 4.69) is 5.32 Å². The first-order valence-electron chi connectivity index (χ1n) is 5.30. The Morgan fingerprint density at radius 3 is 2.67 bits per heavy atom. The van der Waals surface area contributed by atoms with Gasteiger partial charge < -0.3 is 14.8 Å². The second kappa shape index (κ2) is 5.84. The van der Waals surface area contributed by atoms with Crippen molar-refractivity contribution in [2.45, 2.75) is 0 Å². The van der Waals surface area contributed by atoms with Crippen molar-refractivity contribution >= 4 is 34.2 Å². The molecule has 0 fully saturated rings. The topological polar surface area (TPSA) is 30.5 Å². The van der Waals surface area contributed by atoms with Crippen molar-refractivity contribution in [3.05, 3.63) is 40.6 Å². The molecule has 0 amide bonds. The van der Waals surface area contributed by atoms with Gasteiger partial charge in [-0.25, -0.2) is 0 Å². The van der Waals surface area contributed by atoms with Gasteiger partial charge in [-0.2, -0.15) is 11.3 Å². The van der Waals surface area contributed by atoms with Crippen LogP contribution in [-0.2, 0) is 0 Å². The van der Waals surface area contributed by atoms with Crippen molar-refractivity contribution in [2.75, 3.05) is 19.5 Å². The maximum atomic E-state index is 5.34. The Morgan fingerprint density at radius 2 is 2.06 bits per heavy atom. The molecule has 0 aliphatic carbocycles. The summed E-state index contributed by atoms with van der Waals surface area (Å²) in [4.78, 5) is 0.669. The lowest BCUT2D eigenvalue weighted by molar-refractivity contribution is 0.405. The zero-order valence-electron chi connectivity index (χ0n) is 10.1. The molecule has 0 unspecified atom stereocenters. The molecule has 0 saturated heterocycles. The predicted octanol–water partition coefficient (Wildman–Crippen LogP) is 3.55. The molecule has 0 aliphatic rings. The first kappa shape index (κ1) is 12.9. The van der Waals surface area contributed by atoms with E-state index in [0.717, 1.165) is 22.7 Å². The van der Waals surface area contributed by atoms with Crippen LogP contribution in [0.4, 0.5) is 5.69 Å². The van der Waals surface area contributed by atoms with Gasteiger partial charge in [-0.1, -0.05) is 12.2 Å². The van der Waals surface area contributed by atoms with Crippen LogP contribution in [0.5, 0.6) is 11.5 Å². The number of anilines is 1. The quantitative estimate of drug-likeness (QED) is 0.867. The van der Waals surface area contributed by atoms with Gasteiger partial charge in [0.15, 0.2) is 0 Å². The summed E-state index contributed by atoms with van der Waals surface area (Å²) in [6.45, 7) is 0. The summed E-state index contributed by atoms with van der Waals surface area (Å²) >= 11 is 6.96. The fourth-order valence-electron chi connectivity index (χ4n) is 1.50. The number of hydrogen-bond donors (Lipinski definition) is 1. The summed E-state index contributed by atoms with van der Waals surface area (Å²) in [6.07, 6.45) is 0. The minimum absolute atomic E-state index is 0.669. The molecule has 1 aromatic carbocycles. The van der Waals surface area contributed by atoms with Gasteiger partial charge in [-0.05, 0) is 23.6 Å². The molecule has 1 heterocycles. The Bertz CT molecular complexity index is 538. The molecule has 3 nitrogen and oxygen atoms in total. The number of nitrogens with one attached hydrogen (secondary N) is 1. The summed E-state index contributed by atoms with van der Waals surface area (Å²) in [5.41, 5.74) is 1.80. The number of rotatable bonds is 4. The average molecular weight is 279 g/mol. The summed E-state index contributed by atoms with van der Waals surface area (Å²) in [6, 6.07) is 7.53. The molecule has 0 spiro atoms. The van der Waals surface area contributed by atoms with E-state index in [-0.39, 0.29) is 0 Å². The van der Waals surface area contributed by atoms with Gasteiger partial charge in [0.25, 0.3) is 0 Å². The number of hydrogen-bond acceptors (Lipinski definition) is 4. The average Bonchev–Trinajstić information content (AvgIpc) is 2.92. The largest absolute Gasteiger partial charge is 0.497 e. The molecule has 5 heteroatoms. The van der Waals surface area contributed by atoms with Crippen molar-refractivity contribution in [3.63, 3.8) is 0 Å². The molecule has 0 radical (unpaired) electrons. The molecule has 94 valence electrons. The lowest BCUT2D eigenvalue weighted by Gasteiger charge is -2.12. The minimum Gasteiger partial charge on any atom is -0.497 e. The molecule has 0 atom stereocenters. The minimum atomic E-state index is 0.669. The molecule has 0 aliphatic heterocycles. The normalized spacial score (nSPS) is 9.89. The second-order valence-corrected chi connectivity index (χ2v) is 4.72. The molecular weight excluding hydrogens is 266 g/mol. The van der Waals surface area contributed by atoms with Crippen molar-refractivity contribution in [2.24, 2.45) is 0 Å².